The van der Waals surface area contributed by atoms with Crippen molar-refractivity contribution in [3.8, 4) is 0 Å². The summed E-state index contributed by atoms with van der Waals surface area (Å²) in [4.78, 5) is 0. The van der Waals surface area contributed by atoms with Gasteiger partial charge in [0, 0.05) is 26.4 Å². The summed E-state index contributed by atoms with van der Waals surface area (Å²) >= 11 is 0. The van der Waals surface area contributed by atoms with Gasteiger partial charge in [-0.15, -0.1) is 0 Å². The number of ether oxygens (including phenoxy) is 2. The third-order valence-electron chi connectivity index (χ3n) is 5.44. The molecule has 0 aliphatic carbocycles. The van der Waals surface area contributed by atoms with Gasteiger partial charge in [-0.25, -0.2) is 0 Å². The van der Waals surface area contributed by atoms with Crippen LogP contribution in [0.1, 0.15) is 129 Å². The van der Waals surface area contributed by atoms with E-state index in [0.29, 0.717) is 0 Å². The van der Waals surface area contributed by atoms with Gasteiger partial charge >= 0.3 is 0 Å². The summed E-state index contributed by atoms with van der Waals surface area (Å²) in [6.07, 6.45) is 21.9. The molecule has 0 saturated heterocycles. The lowest BCUT2D eigenvalue weighted by molar-refractivity contribution is 0.127. The number of aliphatic hydroxyl groups excluding tert-OH is 1. The van der Waals surface area contributed by atoms with E-state index in [1.54, 1.807) is 0 Å². The Bertz CT molecular complexity index is 245. The molecule has 0 radical (unpaired) electrons. The molecule has 0 saturated carbocycles. The first-order valence-electron chi connectivity index (χ1n) is 12.6. The van der Waals surface area contributed by atoms with E-state index >= 15 is 0 Å². The fourth-order valence-electron chi connectivity index (χ4n) is 3.42. The second-order valence-electron chi connectivity index (χ2n) is 8.41. The standard InChI is InChI=1S/C25H52O3/c1-3-5-21-27-23-17-13-9-7-11-15-19-25(26)20-16-12-8-10-14-18-24-28-22-6-4-2/h25-26H,3-24H2,1-2H3. The van der Waals surface area contributed by atoms with Crippen LogP contribution in [0.4, 0.5) is 0 Å². The van der Waals surface area contributed by atoms with E-state index in [0.717, 1.165) is 39.3 Å². The van der Waals surface area contributed by atoms with E-state index in [4.69, 9.17) is 9.47 Å². The Morgan fingerprint density at radius 2 is 0.786 bits per heavy atom. The summed E-state index contributed by atoms with van der Waals surface area (Å²) in [6.45, 7) is 8.14. The van der Waals surface area contributed by atoms with E-state index in [-0.39, 0.29) is 6.10 Å². The minimum Gasteiger partial charge on any atom is -0.393 e. The summed E-state index contributed by atoms with van der Waals surface area (Å²) in [5.41, 5.74) is 0. The Kier molecular flexibility index (Phi) is 24.8. The van der Waals surface area contributed by atoms with Crippen molar-refractivity contribution in [2.24, 2.45) is 0 Å². The minimum absolute atomic E-state index is 0.0704. The van der Waals surface area contributed by atoms with Gasteiger partial charge in [-0.05, 0) is 38.5 Å². The van der Waals surface area contributed by atoms with Gasteiger partial charge in [-0.3, -0.25) is 0 Å². The van der Waals surface area contributed by atoms with E-state index in [2.05, 4.69) is 13.8 Å². The van der Waals surface area contributed by atoms with Crippen LogP contribution >= 0.6 is 0 Å². The molecule has 0 aliphatic heterocycles. The molecule has 1 N–H and O–H groups in total. The Balaban J connectivity index is 3.12. The topological polar surface area (TPSA) is 38.7 Å². The van der Waals surface area contributed by atoms with Gasteiger partial charge in [-0.2, -0.15) is 0 Å². The molecule has 0 amide bonds. The van der Waals surface area contributed by atoms with Crippen LogP contribution in [0, 0.1) is 0 Å². The molecule has 0 spiro atoms. The molecule has 170 valence electrons. The van der Waals surface area contributed by atoms with Gasteiger partial charge in [0.15, 0.2) is 0 Å². The second kappa shape index (κ2) is 24.9. The quantitative estimate of drug-likeness (QED) is 0.171. The van der Waals surface area contributed by atoms with Gasteiger partial charge < -0.3 is 14.6 Å². The third kappa shape index (κ3) is 23.9. The second-order valence-corrected chi connectivity index (χ2v) is 8.41. The first kappa shape index (κ1) is 27.9. The minimum atomic E-state index is -0.0704. The lowest BCUT2D eigenvalue weighted by Gasteiger charge is -2.10. The molecular weight excluding hydrogens is 348 g/mol. The molecule has 0 unspecified atom stereocenters. The first-order chi connectivity index (χ1) is 13.8. The smallest absolute Gasteiger partial charge is 0.0540 e. The number of aliphatic hydroxyl groups is 1. The lowest BCUT2D eigenvalue weighted by atomic mass is 10.0. The molecule has 0 aromatic rings. The largest absolute Gasteiger partial charge is 0.393 e. The number of rotatable bonds is 24. The van der Waals surface area contributed by atoms with Crippen molar-refractivity contribution in [2.75, 3.05) is 26.4 Å². The third-order valence-corrected chi connectivity index (χ3v) is 5.44. The predicted octanol–water partition coefficient (Wildman–Crippen LogP) is 7.44. The molecule has 3 heteroatoms. The van der Waals surface area contributed by atoms with Crippen molar-refractivity contribution in [3.63, 3.8) is 0 Å². The van der Waals surface area contributed by atoms with Crippen molar-refractivity contribution >= 4 is 0 Å². The zero-order valence-electron chi connectivity index (χ0n) is 19.4. The van der Waals surface area contributed by atoms with Crippen molar-refractivity contribution in [2.45, 2.75) is 136 Å². The van der Waals surface area contributed by atoms with E-state index in [1.807, 2.05) is 0 Å². The van der Waals surface area contributed by atoms with E-state index < -0.39 is 0 Å². The molecule has 0 fully saturated rings. The molecule has 0 bridgehead atoms. The van der Waals surface area contributed by atoms with Crippen LogP contribution in [0.2, 0.25) is 0 Å². The van der Waals surface area contributed by atoms with E-state index in [9.17, 15) is 5.11 Å². The summed E-state index contributed by atoms with van der Waals surface area (Å²) in [7, 11) is 0. The molecule has 0 rings (SSSR count). The van der Waals surface area contributed by atoms with Crippen LogP contribution < -0.4 is 0 Å². The number of unbranched alkanes of at least 4 members (excludes halogenated alkanes) is 12. The number of hydrogen-bond donors (Lipinski definition) is 1. The van der Waals surface area contributed by atoms with Crippen LogP contribution in [-0.2, 0) is 9.47 Å². The maximum atomic E-state index is 10.1. The highest BCUT2D eigenvalue weighted by molar-refractivity contribution is 4.57. The lowest BCUT2D eigenvalue weighted by Crippen LogP contribution is -2.06. The Morgan fingerprint density at radius 3 is 1.18 bits per heavy atom. The van der Waals surface area contributed by atoms with Crippen molar-refractivity contribution in [3.05, 3.63) is 0 Å². The fourth-order valence-corrected chi connectivity index (χ4v) is 3.42. The Labute approximate surface area is 177 Å². The van der Waals surface area contributed by atoms with Gasteiger partial charge in [0.2, 0.25) is 0 Å². The molecule has 0 aromatic carbocycles. The Hall–Kier alpha value is -0.120. The molecule has 0 atom stereocenters. The van der Waals surface area contributed by atoms with Gasteiger partial charge in [0.05, 0.1) is 6.10 Å². The van der Waals surface area contributed by atoms with Crippen molar-refractivity contribution in [1.29, 1.82) is 0 Å². The zero-order chi connectivity index (χ0) is 20.5. The molecule has 0 aromatic heterocycles. The van der Waals surface area contributed by atoms with Gasteiger partial charge in [0.25, 0.3) is 0 Å². The van der Waals surface area contributed by atoms with Gasteiger partial charge in [-0.1, -0.05) is 90.9 Å². The molecule has 0 heterocycles. The van der Waals surface area contributed by atoms with E-state index in [1.165, 1.54) is 103 Å². The van der Waals surface area contributed by atoms with Crippen LogP contribution in [-0.4, -0.2) is 37.6 Å². The maximum absolute atomic E-state index is 10.1. The highest BCUT2D eigenvalue weighted by atomic mass is 16.5. The molecule has 0 aliphatic rings. The van der Waals surface area contributed by atoms with Crippen LogP contribution in [0.25, 0.3) is 0 Å². The summed E-state index contributed by atoms with van der Waals surface area (Å²) in [6, 6.07) is 0. The summed E-state index contributed by atoms with van der Waals surface area (Å²) in [5, 5.41) is 10.1. The fraction of sp³-hybridized carbons (Fsp3) is 1.00. The average molecular weight is 401 g/mol. The summed E-state index contributed by atoms with van der Waals surface area (Å²) in [5.74, 6) is 0. The van der Waals surface area contributed by atoms with Crippen molar-refractivity contribution in [1.82, 2.24) is 0 Å². The molecule has 28 heavy (non-hydrogen) atoms. The Morgan fingerprint density at radius 1 is 0.464 bits per heavy atom. The summed E-state index contributed by atoms with van der Waals surface area (Å²) < 4.78 is 11.2. The normalized spacial score (nSPS) is 11.6. The van der Waals surface area contributed by atoms with Crippen molar-refractivity contribution < 1.29 is 14.6 Å². The molecule has 3 nitrogen and oxygen atoms in total. The van der Waals surface area contributed by atoms with Crippen LogP contribution in [0.5, 0.6) is 0 Å². The first-order valence-corrected chi connectivity index (χ1v) is 12.6. The average Bonchev–Trinajstić information content (AvgIpc) is 2.70. The maximum Gasteiger partial charge on any atom is 0.0540 e. The highest BCUT2D eigenvalue weighted by Crippen LogP contribution is 2.14. The number of hydrogen-bond acceptors (Lipinski definition) is 3. The highest BCUT2D eigenvalue weighted by Gasteiger charge is 2.03. The molecular formula is C25H52O3. The van der Waals surface area contributed by atoms with Gasteiger partial charge in [0.1, 0.15) is 0 Å². The van der Waals surface area contributed by atoms with Crippen LogP contribution in [0.3, 0.4) is 0 Å². The monoisotopic (exact) mass is 400 g/mol. The SMILES string of the molecule is CCCCOCCCCCCCCC(O)CCCCCCCCOCCCC. The predicted molar refractivity (Wildman–Crippen MR) is 122 cm³/mol. The van der Waals surface area contributed by atoms with Crippen LogP contribution in [0.15, 0.2) is 0 Å². The zero-order valence-corrected chi connectivity index (χ0v) is 19.4.